The van der Waals surface area contributed by atoms with Gasteiger partial charge >= 0.3 is 0 Å². The van der Waals surface area contributed by atoms with E-state index >= 15 is 0 Å². The van der Waals surface area contributed by atoms with Crippen LogP contribution in [0, 0.1) is 0 Å². The van der Waals surface area contributed by atoms with Crippen molar-refractivity contribution in [3.63, 3.8) is 0 Å². The van der Waals surface area contributed by atoms with Crippen molar-refractivity contribution in [3.8, 4) is 11.5 Å². The lowest BCUT2D eigenvalue weighted by Gasteiger charge is -2.17. The van der Waals surface area contributed by atoms with Crippen LogP contribution in [0.2, 0.25) is 0 Å². The van der Waals surface area contributed by atoms with E-state index in [9.17, 15) is 8.42 Å². The molecule has 0 saturated carbocycles. The second kappa shape index (κ2) is 7.72. The minimum absolute atomic E-state index is 0.232. The minimum Gasteiger partial charge on any atom is -0.434 e. The minimum atomic E-state index is -3.65. The van der Waals surface area contributed by atoms with Gasteiger partial charge in [0.1, 0.15) is 0 Å². The normalized spacial score (nSPS) is 11.8. The van der Waals surface area contributed by atoms with Crippen LogP contribution in [0.1, 0.15) is 5.69 Å². The van der Waals surface area contributed by atoms with E-state index in [1.807, 2.05) is 43.3 Å². The Morgan fingerprint density at radius 2 is 1.72 bits per heavy atom. The molecule has 0 unspecified atom stereocenters. The molecule has 0 amide bonds. The number of pyridine rings is 2. The first kappa shape index (κ1) is 20.1. The molecule has 3 heterocycles. The molecule has 5 rings (SSSR count). The summed E-state index contributed by atoms with van der Waals surface area (Å²) in [6.45, 7) is 0. The van der Waals surface area contributed by atoms with Crippen molar-refractivity contribution in [1.82, 2.24) is 15.0 Å². The molecule has 3 aromatic heterocycles. The van der Waals surface area contributed by atoms with Crippen LogP contribution >= 0.6 is 0 Å². The Labute approximate surface area is 185 Å². The van der Waals surface area contributed by atoms with E-state index in [2.05, 4.69) is 15.0 Å². The summed E-state index contributed by atoms with van der Waals surface area (Å²) in [5.41, 5.74) is 3.10. The van der Waals surface area contributed by atoms with Crippen LogP contribution in [0.4, 0.5) is 5.69 Å². The van der Waals surface area contributed by atoms with Crippen LogP contribution < -0.4 is 4.90 Å². The molecule has 2 aromatic carbocycles. The predicted molar refractivity (Wildman–Crippen MR) is 124 cm³/mol. The molecule has 0 aliphatic rings. The van der Waals surface area contributed by atoms with Crippen molar-refractivity contribution in [1.29, 1.82) is 0 Å². The molecule has 7 nitrogen and oxygen atoms in total. The highest BCUT2D eigenvalue weighted by Crippen LogP contribution is 2.32. The van der Waals surface area contributed by atoms with Gasteiger partial charge in [-0.3, -0.25) is 4.98 Å². The maximum Gasteiger partial charge on any atom is 0.229 e. The van der Waals surface area contributed by atoms with Crippen molar-refractivity contribution < 1.29 is 12.8 Å². The summed E-state index contributed by atoms with van der Waals surface area (Å²) in [5.74, 6) is 0.144. The molecule has 0 N–H and O–H groups in total. The molecule has 0 atom stereocenters. The zero-order valence-corrected chi connectivity index (χ0v) is 18.4. The summed E-state index contributed by atoms with van der Waals surface area (Å²) in [7, 11) is 0.225. The molecule has 160 valence electrons. The molecule has 0 fully saturated rings. The van der Waals surface area contributed by atoms with Gasteiger partial charge in [-0.1, -0.05) is 24.3 Å². The van der Waals surface area contributed by atoms with Crippen LogP contribution in [0.5, 0.6) is 0 Å². The lowest BCUT2D eigenvalue weighted by atomic mass is 10.1. The van der Waals surface area contributed by atoms with Crippen LogP contribution in [0.15, 0.2) is 82.4 Å². The van der Waals surface area contributed by atoms with Crippen molar-refractivity contribution >= 4 is 37.5 Å². The van der Waals surface area contributed by atoms with Crippen LogP contribution in [-0.4, -0.2) is 37.5 Å². The fraction of sp³-hybridized carbons (Fsp3) is 0.125. The van der Waals surface area contributed by atoms with Gasteiger partial charge in [0, 0.05) is 48.5 Å². The third-order valence-electron chi connectivity index (χ3n) is 5.24. The molecule has 0 aliphatic heterocycles. The summed E-state index contributed by atoms with van der Waals surface area (Å²) < 4.78 is 32.5. The standard InChI is InChI=1S/C24H20N4O3S/c1-28(2)20-8-3-7-19-18(20)6-4-10-22(19)32(29,30)15-17-14-16(11-13-25-17)24-27-23-21(31-24)9-5-12-26-23/h3-14H,15H2,1-2H3. The number of anilines is 1. The first-order valence-electron chi connectivity index (χ1n) is 10.0. The van der Waals surface area contributed by atoms with Gasteiger partial charge in [0.15, 0.2) is 21.1 Å². The first-order valence-corrected chi connectivity index (χ1v) is 11.7. The Kier molecular flexibility index (Phi) is 4.86. The lowest BCUT2D eigenvalue weighted by molar-refractivity contribution is 0.595. The second-order valence-electron chi connectivity index (χ2n) is 7.66. The monoisotopic (exact) mass is 444 g/mol. The average Bonchev–Trinajstić information content (AvgIpc) is 3.22. The summed E-state index contributed by atoms with van der Waals surface area (Å²) in [5, 5.41) is 1.58. The quantitative estimate of drug-likeness (QED) is 0.395. The number of hydrogen-bond acceptors (Lipinski definition) is 7. The Balaban J connectivity index is 1.53. The number of hydrogen-bond donors (Lipinski definition) is 0. The van der Waals surface area contributed by atoms with Gasteiger partial charge in [-0.2, -0.15) is 4.98 Å². The molecule has 32 heavy (non-hydrogen) atoms. The van der Waals surface area contributed by atoms with Gasteiger partial charge in [0.25, 0.3) is 0 Å². The molecular weight excluding hydrogens is 424 g/mol. The van der Waals surface area contributed by atoms with E-state index in [1.165, 1.54) is 0 Å². The third kappa shape index (κ3) is 3.58. The van der Waals surface area contributed by atoms with E-state index < -0.39 is 9.84 Å². The maximum absolute atomic E-state index is 13.4. The van der Waals surface area contributed by atoms with Crippen molar-refractivity contribution in [2.75, 3.05) is 19.0 Å². The van der Waals surface area contributed by atoms with Gasteiger partial charge in [-0.05, 0) is 36.4 Å². The highest BCUT2D eigenvalue weighted by molar-refractivity contribution is 7.90. The van der Waals surface area contributed by atoms with Gasteiger partial charge in [-0.15, -0.1) is 0 Å². The Bertz CT molecular complexity index is 1530. The van der Waals surface area contributed by atoms with Crippen molar-refractivity contribution in [3.05, 3.63) is 78.8 Å². The highest BCUT2D eigenvalue weighted by Gasteiger charge is 2.21. The fourth-order valence-corrected chi connectivity index (χ4v) is 5.28. The number of fused-ring (bicyclic) bond motifs is 2. The molecule has 0 saturated heterocycles. The van der Waals surface area contributed by atoms with E-state index in [0.717, 1.165) is 11.1 Å². The highest BCUT2D eigenvalue weighted by atomic mass is 32.2. The average molecular weight is 445 g/mol. The molecule has 0 spiro atoms. The summed E-state index contributed by atoms with van der Waals surface area (Å²) >= 11 is 0. The van der Waals surface area contributed by atoms with Crippen LogP contribution in [-0.2, 0) is 15.6 Å². The molecule has 0 aliphatic carbocycles. The summed E-state index contributed by atoms with van der Waals surface area (Å²) in [6.07, 6.45) is 3.21. The number of sulfone groups is 1. The Morgan fingerprint density at radius 3 is 2.53 bits per heavy atom. The number of rotatable bonds is 5. The third-order valence-corrected chi connectivity index (χ3v) is 6.94. The van der Waals surface area contributed by atoms with Crippen molar-refractivity contribution in [2.45, 2.75) is 10.6 Å². The molecule has 8 heteroatoms. The summed E-state index contributed by atoms with van der Waals surface area (Å²) in [6, 6.07) is 18.0. The number of nitrogens with zero attached hydrogens (tertiary/aromatic N) is 4. The van der Waals surface area contributed by atoms with E-state index in [1.54, 1.807) is 48.8 Å². The van der Waals surface area contributed by atoms with Gasteiger partial charge < -0.3 is 9.32 Å². The molecule has 0 radical (unpaired) electrons. The fourth-order valence-electron chi connectivity index (χ4n) is 3.78. The number of oxazole rings is 1. The smallest absolute Gasteiger partial charge is 0.229 e. The molecular formula is C24H20N4O3S. The van der Waals surface area contributed by atoms with Gasteiger partial charge in [-0.25, -0.2) is 13.4 Å². The van der Waals surface area contributed by atoms with Gasteiger partial charge in [0.05, 0.1) is 16.3 Å². The summed E-state index contributed by atoms with van der Waals surface area (Å²) in [4.78, 5) is 15.1. The number of benzene rings is 2. The van der Waals surface area contributed by atoms with Crippen LogP contribution in [0.3, 0.4) is 0 Å². The number of aromatic nitrogens is 3. The molecule has 5 aromatic rings. The zero-order valence-electron chi connectivity index (χ0n) is 17.6. The lowest BCUT2D eigenvalue weighted by Crippen LogP contribution is -2.10. The van der Waals surface area contributed by atoms with Crippen molar-refractivity contribution in [2.24, 2.45) is 0 Å². The second-order valence-corrected chi connectivity index (χ2v) is 9.62. The van der Waals surface area contributed by atoms with Gasteiger partial charge in [0.2, 0.25) is 5.89 Å². The topological polar surface area (TPSA) is 89.2 Å². The Hall–Kier alpha value is -3.78. The zero-order chi connectivity index (χ0) is 22.3. The maximum atomic E-state index is 13.4. The van der Waals surface area contributed by atoms with E-state index in [-0.39, 0.29) is 10.6 Å². The Morgan fingerprint density at radius 1 is 0.906 bits per heavy atom. The van der Waals surface area contributed by atoms with E-state index in [0.29, 0.717) is 33.8 Å². The SMILES string of the molecule is CN(C)c1cccc2c(S(=O)(=O)Cc3cc(-c4nc5ncccc5o4)ccn3)cccc12. The predicted octanol–water partition coefficient (Wildman–Crippen LogP) is 4.48. The largest absolute Gasteiger partial charge is 0.434 e. The van der Waals surface area contributed by atoms with Crippen LogP contribution in [0.25, 0.3) is 33.5 Å². The van der Waals surface area contributed by atoms with E-state index in [4.69, 9.17) is 4.42 Å². The molecule has 0 bridgehead atoms. The first-order chi connectivity index (χ1) is 15.4.